The number of likely N-dealkylation sites (N-methyl/N-ethyl adjacent to an activating group) is 2. The fourth-order valence-corrected chi connectivity index (χ4v) is 7.52. The van der Waals surface area contributed by atoms with Gasteiger partial charge in [-0.1, -0.05) is 71.4 Å². The second-order valence-corrected chi connectivity index (χ2v) is 15.4. The summed E-state index contributed by atoms with van der Waals surface area (Å²) in [4.78, 5) is 62.8. The van der Waals surface area contributed by atoms with Gasteiger partial charge in [0.15, 0.2) is 0 Å². The van der Waals surface area contributed by atoms with E-state index in [1.165, 1.54) is 0 Å². The molecule has 1 N–H and O–H groups in total. The van der Waals surface area contributed by atoms with E-state index in [9.17, 15) is 19.2 Å². The first-order chi connectivity index (χ1) is 22.2. The lowest BCUT2D eigenvalue weighted by molar-refractivity contribution is -0.159. The van der Waals surface area contributed by atoms with E-state index >= 15 is 0 Å². The number of nitrogens with zero attached hydrogens (tertiary/aromatic N) is 4. The second kappa shape index (κ2) is 15.9. The van der Waals surface area contributed by atoms with Crippen LogP contribution in [-0.4, -0.2) is 114 Å². The number of hydrogen-bond acceptors (Lipinski definition) is 7. The number of carbonyl (C=O) groups excluding carboxylic acids is 4. The van der Waals surface area contributed by atoms with Gasteiger partial charge in [-0.3, -0.25) is 24.2 Å². The molecule has 0 radical (unpaired) electrons. The lowest BCUT2D eigenvalue weighted by Gasteiger charge is -2.41. The number of piperidine rings is 1. The zero-order valence-corrected chi connectivity index (χ0v) is 30.0. The van der Waals surface area contributed by atoms with Gasteiger partial charge in [-0.15, -0.1) is 0 Å². The van der Waals surface area contributed by atoms with E-state index in [1.807, 2.05) is 72.1 Å². The summed E-state index contributed by atoms with van der Waals surface area (Å²) in [5.41, 5.74) is 0.436. The predicted octanol–water partition coefficient (Wildman–Crippen LogP) is 4.24. The van der Waals surface area contributed by atoms with Crippen LogP contribution in [0.1, 0.15) is 98.2 Å². The third-order valence-corrected chi connectivity index (χ3v) is 10.5. The highest BCUT2D eigenvalue weighted by Crippen LogP contribution is 2.29. The fourth-order valence-electron chi connectivity index (χ4n) is 7.52. The Morgan fingerprint density at radius 1 is 0.894 bits per heavy atom. The number of hydrogen-bond donors (Lipinski definition) is 1. The van der Waals surface area contributed by atoms with Crippen molar-refractivity contribution in [3.05, 3.63) is 35.9 Å². The summed E-state index contributed by atoms with van der Waals surface area (Å²) in [5, 5.41) is 3.14. The summed E-state index contributed by atoms with van der Waals surface area (Å²) in [6.45, 7) is 14.8. The maximum Gasteiger partial charge on any atom is 0.329 e. The average Bonchev–Trinajstić information content (AvgIpc) is 3.72. The van der Waals surface area contributed by atoms with E-state index in [0.717, 1.165) is 57.2 Å². The van der Waals surface area contributed by atoms with Crippen molar-refractivity contribution in [1.29, 1.82) is 0 Å². The number of carbonyl (C=O) groups is 4. The predicted molar refractivity (Wildman–Crippen MR) is 183 cm³/mol. The van der Waals surface area contributed by atoms with Crippen LogP contribution in [0.4, 0.5) is 0 Å². The first-order valence-electron chi connectivity index (χ1n) is 17.8. The van der Waals surface area contributed by atoms with Crippen molar-refractivity contribution in [1.82, 2.24) is 24.9 Å². The topological polar surface area (TPSA) is 103 Å². The Morgan fingerprint density at radius 2 is 1.53 bits per heavy atom. The van der Waals surface area contributed by atoms with Gasteiger partial charge in [0, 0.05) is 26.2 Å². The second-order valence-electron chi connectivity index (χ2n) is 15.4. The molecule has 47 heavy (non-hydrogen) atoms. The lowest BCUT2D eigenvalue weighted by Crippen LogP contribution is -2.61. The Kier molecular flexibility index (Phi) is 12.5. The van der Waals surface area contributed by atoms with Gasteiger partial charge in [0.1, 0.15) is 18.2 Å². The van der Waals surface area contributed by atoms with Crippen LogP contribution in [-0.2, 0) is 23.9 Å². The molecule has 3 amide bonds. The molecule has 0 bridgehead atoms. The quantitative estimate of drug-likeness (QED) is 0.357. The van der Waals surface area contributed by atoms with E-state index in [1.54, 1.807) is 9.80 Å². The van der Waals surface area contributed by atoms with Crippen LogP contribution >= 0.6 is 0 Å². The van der Waals surface area contributed by atoms with Crippen molar-refractivity contribution < 1.29 is 23.9 Å². The standard InChI is InChI=1S/C37H59N5O5/c1-25(2)31(40(8)35(45)32(37(4,5)6)38-33(43)28-18-12-13-21-39(28)7)24-41-22-14-19-29(41)34(44)42-23-15-20-30(42)36(46)47-26(3)27-16-10-9-11-17-27/h9-11,16-17,25-26,28-32H,12-15,18-24H2,1-8H3,(H,38,43)/t26-,28?,29-,30-,31+,32+/m0/s1. The molecule has 3 saturated heterocycles. The van der Waals surface area contributed by atoms with Crippen molar-refractivity contribution in [2.75, 3.05) is 40.3 Å². The third kappa shape index (κ3) is 8.93. The van der Waals surface area contributed by atoms with Crippen LogP contribution in [0, 0.1) is 11.3 Å². The minimum absolute atomic E-state index is 0.0257. The van der Waals surface area contributed by atoms with E-state index in [4.69, 9.17) is 4.74 Å². The average molecular weight is 654 g/mol. The molecule has 4 rings (SSSR count). The summed E-state index contributed by atoms with van der Waals surface area (Å²) in [7, 11) is 3.81. The summed E-state index contributed by atoms with van der Waals surface area (Å²) in [6, 6.07) is 7.64. The number of nitrogens with one attached hydrogen (secondary N) is 1. The lowest BCUT2D eigenvalue weighted by atomic mass is 9.84. The van der Waals surface area contributed by atoms with Crippen molar-refractivity contribution in [2.45, 2.75) is 123 Å². The highest BCUT2D eigenvalue weighted by molar-refractivity contribution is 5.91. The Labute approximate surface area is 282 Å². The molecule has 1 unspecified atom stereocenters. The highest BCUT2D eigenvalue weighted by atomic mass is 16.5. The zero-order chi connectivity index (χ0) is 34.5. The minimum Gasteiger partial charge on any atom is -0.456 e. The molecule has 1 aromatic carbocycles. The smallest absolute Gasteiger partial charge is 0.329 e. The van der Waals surface area contributed by atoms with Crippen LogP contribution in [0.3, 0.4) is 0 Å². The molecule has 3 aliphatic heterocycles. The third-order valence-electron chi connectivity index (χ3n) is 10.5. The van der Waals surface area contributed by atoms with Gasteiger partial charge < -0.3 is 19.9 Å². The van der Waals surface area contributed by atoms with Gasteiger partial charge >= 0.3 is 5.97 Å². The molecule has 3 aliphatic rings. The molecule has 6 atom stereocenters. The Bertz CT molecular complexity index is 1230. The summed E-state index contributed by atoms with van der Waals surface area (Å²) in [5.74, 6) is -0.453. The van der Waals surface area contributed by atoms with Gasteiger partial charge in [0.2, 0.25) is 17.7 Å². The van der Waals surface area contributed by atoms with Gasteiger partial charge in [0.25, 0.3) is 0 Å². The van der Waals surface area contributed by atoms with Crippen molar-refractivity contribution in [3.8, 4) is 0 Å². The van der Waals surface area contributed by atoms with Crippen molar-refractivity contribution >= 4 is 23.7 Å². The highest BCUT2D eigenvalue weighted by Gasteiger charge is 2.44. The SMILES string of the molecule is CC(C)[C@@H](CN1CCC[C@H]1C(=O)N1CCC[C@H]1C(=O)O[C@@H](C)c1ccccc1)N(C)C(=O)[C@@H](NC(=O)C1CCCCN1C)C(C)(C)C. The Balaban J connectivity index is 1.43. The molecule has 0 spiro atoms. The number of rotatable bonds is 11. The van der Waals surface area contributed by atoms with Crippen LogP contribution in [0.2, 0.25) is 0 Å². The van der Waals surface area contributed by atoms with Gasteiger partial charge in [-0.2, -0.15) is 0 Å². The maximum absolute atomic E-state index is 14.2. The number of amides is 3. The van der Waals surface area contributed by atoms with E-state index in [0.29, 0.717) is 19.5 Å². The number of ether oxygens (including phenoxy) is 1. The monoisotopic (exact) mass is 653 g/mol. The van der Waals surface area contributed by atoms with Gasteiger partial charge in [-0.05, 0) is 82.5 Å². The molecule has 1 aromatic rings. The van der Waals surface area contributed by atoms with Crippen molar-refractivity contribution in [2.24, 2.45) is 11.3 Å². The molecule has 262 valence electrons. The molecule has 0 saturated carbocycles. The number of likely N-dealkylation sites (tertiary alicyclic amines) is 3. The molecule has 3 heterocycles. The maximum atomic E-state index is 14.2. The molecule has 0 aliphatic carbocycles. The van der Waals surface area contributed by atoms with Gasteiger partial charge in [0.05, 0.1) is 12.1 Å². The zero-order valence-electron chi connectivity index (χ0n) is 30.0. The Morgan fingerprint density at radius 3 is 2.17 bits per heavy atom. The van der Waals surface area contributed by atoms with E-state index < -0.39 is 23.6 Å². The normalized spacial score (nSPS) is 24.5. The number of benzene rings is 1. The molecule has 10 heteroatoms. The van der Waals surface area contributed by atoms with Crippen LogP contribution in [0.15, 0.2) is 30.3 Å². The van der Waals surface area contributed by atoms with Crippen LogP contribution in [0.5, 0.6) is 0 Å². The Hall–Kier alpha value is -2.98. The molecule has 0 aromatic heterocycles. The van der Waals surface area contributed by atoms with E-state index in [2.05, 4.69) is 29.0 Å². The largest absolute Gasteiger partial charge is 0.456 e. The minimum atomic E-state index is -0.678. The molecule has 10 nitrogen and oxygen atoms in total. The first kappa shape index (κ1) is 36.8. The summed E-state index contributed by atoms with van der Waals surface area (Å²) in [6.07, 6.45) is 5.45. The fraction of sp³-hybridized carbons (Fsp3) is 0.730. The molecule has 3 fully saturated rings. The summed E-state index contributed by atoms with van der Waals surface area (Å²) < 4.78 is 5.84. The number of esters is 1. The van der Waals surface area contributed by atoms with Crippen LogP contribution < -0.4 is 5.32 Å². The first-order valence-corrected chi connectivity index (χ1v) is 17.8. The van der Waals surface area contributed by atoms with Crippen molar-refractivity contribution in [3.63, 3.8) is 0 Å². The van der Waals surface area contributed by atoms with E-state index in [-0.39, 0.29) is 47.7 Å². The molecular weight excluding hydrogens is 594 g/mol. The van der Waals surface area contributed by atoms with Crippen LogP contribution in [0.25, 0.3) is 0 Å². The summed E-state index contributed by atoms with van der Waals surface area (Å²) >= 11 is 0. The van der Waals surface area contributed by atoms with Gasteiger partial charge in [-0.25, -0.2) is 4.79 Å². The molecular formula is C37H59N5O5.